The van der Waals surface area contributed by atoms with Gasteiger partial charge < -0.3 is 10.2 Å². The number of carbonyl (C=O) groups excluding carboxylic acids is 1. The molecular weight excluding hydrogens is 419 g/mol. The van der Waals surface area contributed by atoms with Crippen molar-refractivity contribution in [2.75, 3.05) is 31.5 Å². The van der Waals surface area contributed by atoms with Crippen LogP contribution in [0.3, 0.4) is 0 Å². The number of amides is 2. The van der Waals surface area contributed by atoms with Crippen LogP contribution in [0.4, 0.5) is 23.7 Å². The van der Waals surface area contributed by atoms with E-state index in [0.29, 0.717) is 5.56 Å². The van der Waals surface area contributed by atoms with Crippen molar-refractivity contribution in [3.05, 3.63) is 59.2 Å². The second-order valence-corrected chi connectivity index (χ2v) is 9.04. The van der Waals surface area contributed by atoms with Crippen LogP contribution >= 0.6 is 0 Å². The van der Waals surface area contributed by atoms with Crippen LogP contribution in [0, 0.1) is 13.8 Å². The third-order valence-electron chi connectivity index (χ3n) is 4.95. The second-order valence-electron chi connectivity index (χ2n) is 7.13. The molecule has 0 spiro atoms. The van der Waals surface area contributed by atoms with Crippen molar-refractivity contribution < 1.29 is 26.4 Å². The fraction of sp³-hybridized carbons (Fsp3) is 0.350. The molecule has 0 saturated carbocycles. The lowest BCUT2D eigenvalue weighted by atomic mass is 10.1. The molecule has 2 aromatic rings. The number of alkyl halides is 3. The van der Waals surface area contributed by atoms with E-state index >= 15 is 0 Å². The molecule has 6 nitrogen and oxygen atoms in total. The predicted octanol–water partition coefficient (Wildman–Crippen LogP) is 3.86. The van der Waals surface area contributed by atoms with Crippen molar-refractivity contribution >= 4 is 21.7 Å². The number of nitrogens with one attached hydrogen (secondary N) is 1. The van der Waals surface area contributed by atoms with E-state index in [9.17, 15) is 26.4 Å². The van der Waals surface area contributed by atoms with Gasteiger partial charge in [-0.15, -0.1) is 0 Å². The van der Waals surface area contributed by atoms with Gasteiger partial charge in [-0.2, -0.15) is 17.5 Å². The number of carbonyl (C=O) groups is 1. The average molecular weight is 441 g/mol. The Morgan fingerprint density at radius 3 is 2.23 bits per heavy atom. The summed E-state index contributed by atoms with van der Waals surface area (Å²) in [7, 11) is -3.72. The lowest BCUT2D eigenvalue weighted by molar-refractivity contribution is -0.136. The van der Waals surface area contributed by atoms with Crippen molar-refractivity contribution in [2.24, 2.45) is 0 Å². The summed E-state index contributed by atoms with van der Waals surface area (Å²) in [4.78, 5) is 14.0. The van der Waals surface area contributed by atoms with Crippen LogP contribution in [-0.4, -0.2) is 49.8 Å². The van der Waals surface area contributed by atoms with Gasteiger partial charge in [0.2, 0.25) is 10.0 Å². The summed E-state index contributed by atoms with van der Waals surface area (Å²) in [5.41, 5.74) is 0.320. The zero-order chi connectivity index (χ0) is 22.1. The van der Waals surface area contributed by atoms with Gasteiger partial charge >= 0.3 is 12.2 Å². The van der Waals surface area contributed by atoms with Crippen LogP contribution in [0.25, 0.3) is 0 Å². The summed E-state index contributed by atoms with van der Waals surface area (Å²) in [6.07, 6.45) is -4.59. The van der Waals surface area contributed by atoms with Crippen LogP contribution in [-0.2, 0) is 16.2 Å². The minimum absolute atomic E-state index is 0.0595. The number of hydrogen-bond acceptors (Lipinski definition) is 3. The van der Waals surface area contributed by atoms with Crippen LogP contribution in [0.15, 0.2) is 47.4 Å². The summed E-state index contributed by atoms with van der Waals surface area (Å²) in [5, 5.41) is 2.29. The van der Waals surface area contributed by atoms with Crippen LogP contribution < -0.4 is 5.32 Å². The molecule has 1 saturated heterocycles. The topological polar surface area (TPSA) is 69.7 Å². The number of anilines is 1. The smallest absolute Gasteiger partial charge is 0.322 e. The van der Waals surface area contributed by atoms with Gasteiger partial charge in [0.25, 0.3) is 0 Å². The monoisotopic (exact) mass is 441 g/mol. The number of rotatable bonds is 3. The van der Waals surface area contributed by atoms with Crippen LogP contribution in [0.1, 0.15) is 16.7 Å². The number of benzene rings is 2. The maximum atomic E-state index is 13.1. The molecule has 1 aliphatic heterocycles. The maximum Gasteiger partial charge on any atom is 0.418 e. The molecule has 0 aliphatic carbocycles. The van der Waals surface area contributed by atoms with E-state index in [2.05, 4.69) is 5.32 Å². The largest absolute Gasteiger partial charge is 0.418 e. The molecule has 10 heteroatoms. The average Bonchev–Trinajstić information content (AvgIpc) is 2.67. The minimum atomic E-state index is -4.59. The Morgan fingerprint density at radius 2 is 1.63 bits per heavy atom. The van der Waals surface area contributed by atoms with E-state index < -0.39 is 27.8 Å². The summed E-state index contributed by atoms with van der Waals surface area (Å²) >= 11 is 0. The summed E-state index contributed by atoms with van der Waals surface area (Å²) in [5.74, 6) is 0. The Bertz CT molecular complexity index is 1050. The van der Waals surface area contributed by atoms with Gasteiger partial charge in [0.15, 0.2) is 0 Å². The van der Waals surface area contributed by atoms with Crippen LogP contribution in [0.2, 0.25) is 0 Å². The normalized spacial score (nSPS) is 15.8. The maximum absolute atomic E-state index is 13.1. The molecule has 30 heavy (non-hydrogen) atoms. The van der Waals surface area contributed by atoms with Gasteiger partial charge in [-0.25, -0.2) is 13.2 Å². The van der Waals surface area contributed by atoms with Crippen molar-refractivity contribution in [1.82, 2.24) is 9.21 Å². The highest BCUT2D eigenvalue weighted by Crippen LogP contribution is 2.34. The quantitative estimate of drug-likeness (QED) is 0.787. The van der Waals surface area contributed by atoms with E-state index in [1.807, 2.05) is 6.92 Å². The summed E-state index contributed by atoms with van der Waals surface area (Å²) in [6, 6.07) is 9.10. The van der Waals surface area contributed by atoms with Gasteiger partial charge in [-0.1, -0.05) is 29.8 Å². The molecule has 2 amide bonds. The molecule has 0 bridgehead atoms. The first-order valence-corrected chi connectivity index (χ1v) is 10.7. The molecule has 1 aliphatic rings. The van der Waals surface area contributed by atoms with Gasteiger partial charge in [0, 0.05) is 26.2 Å². The Kier molecular flexibility index (Phi) is 6.09. The zero-order valence-electron chi connectivity index (χ0n) is 16.5. The standard InChI is InChI=1S/C20H22F3N3O3S/c1-14-7-8-18(15(2)13-14)30(28,29)26-11-9-25(10-12-26)19(27)24-17-6-4-3-5-16(17)20(21,22)23/h3-8,13H,9-12H2,1-2H3,(H,24,27). The molecule has 0 radical (unpaired) electrons. The zero-order valence-corrected chi connectivity index (χ0v) is 17.3. The first-order valence-electron chi connectivity index (χ1n) is 9.30. The summed E-state index contributed by atoms with van der Waals surface area (Å²) < 4.78 is 66.4. The third-order valence-corrected chi connectivity index (χ3v) is 7.01. The molecule has 1 heterocycles. The van der Waals surface area contributed by atoms with E-state index in [1.165, 1.54) is 27.4 Å². The molecule has 0 unspecified atom stereocenters. The molecular formula is C20H22F3N3O3S. The van der Waals surface area contributed by atoms with Crippen molar-refractivity contribution in [2.45, 2.75) is 24.9 Å². The van der Waals surface area contributed by atoms with Gasteiger partial charge in [0.1, 0.15) is 0 Å². The number of hydrogen-bond donors (Lipinski definition) is 1. The lowest BCUT2D eigenvalue weighted by Gasteiger charge is -2.34. The van der Waals surface area contributed by atoms with E-state index in [4.69, 9.17) is 0 Å². The van der Waals surface area contributed by atoms with Crippen molar-refractivity contribution in [3.8, 4) is 0 Å². The highest BCUT2D eigenvalue weighted by Gasteiger charge is 2.35. The number of nitrogens with zero attached hydrogens (tertiary/aromatic N) is 2. The first-order chi connectivity index (χ1) is 14.0. The number of halogens is 3. The van der Waals surface area contributed by atoms with Crippen molar-refractivity contribution in [1.29, 1.82) is 0 Å². The van der Waals surface area contributed by atoms with Gasteiger partial charge in [0.05, 0.1) is 16.1 Å². The Balaban J connectivity index is 1.68. The van der Waals surface area contributed by atoms with Crippen molar-refractivity contribution in [3.63, 3.8) is 0 Å². The minimum Gasteiger partial charge on any atom is -0.322 e. The second kappa shape index (κ2) is 8.27. The molecule has 0 aromatic heterocycles. The Morgan fingerprint density at radius 1 is 1.00 bits per heavy atom. The highest BCUT2D eigenvalue weighted by molar-refractivity contribution is 7.89. The van der Waals surface area contributed by atoms with Crippen LogP contribution in [0.5, 0.6) is 0 Å². The van der Waals surface area contributed by atoms with Gasteiger partial charge in [-0.3, -0.25) is 0 Å². The number of sulfonamides is 1. The lowest BCUT2D eigenvalue weighted by Crippen LogP contribution is -2.51. The SMILES string of the molecule is Cc1ccc(S(=O)(=O)N2CCN(C(=O)Nc3ccccc3C(F)(F)F)CC2)c(C)c1. The number of urea groups is 1. The molecule has 2 aromatic carbocycles. The molecule has 1 fully saturated rings. The van der Waals surface area contributed by atoms with E-state index in [-0.39, 0.29) is 36.8 Å². The molecule has 0 atom stereocenters. The Labute approximate surface area is 173 Å². The number of piperazine rings is 1. The first kappa shape index (κ1) is 22.1. The predicted molar refractivity (Wildman–Crippen MR) is 107 cm³/mol. The van der Waals surface area contributed by atoms with Gasteiger partial charge in [-0.05, 0) is 37.6 Å². The molecule has 162 valence electrons. The van der Waals surface area contributed by atoms with E-state index in [1.54, 1.807) is 25.1 Å². The molecule has 3 rings (SSSR count). The molecule has 1 N–H and O–H groups in total. The number of para-hydroxylation sites is 1. The van der Waals surface area contributed by atoms with E-state index in [0.717, 1.165) is 11.6 Å². The summed E-state index contributed by atoms with van der Waals surface area (Å²) in [6.45, 7) is 3.86. The fourth-order valence-electron chi connectivity index (χ4n) is 3.39. The highest BCUT2D eigenvalue weighted by atomic mass is 32.2. The fourth-order valence-corrected chi connectivity index (χ4v) is 5.02. The Hall–Kier alpha value is -2.59. The third kappa shape index (κ3) is 4.59. The number of aryl methyl sites for hydroxylation is 2.